The van der Waals surface area contributed by atoms with E-state index in [4.69, 9.17) is 4.74 Å². The van der Waals surface area contributed by atoms with Crippen LogP contribution in [0.1, 0.15) is 27.2 Å². The SMILES string of the molecule is COc1c(C)cc(C(=O)Cc2cccnn2)cc1C. The van der Waals surface area contributed by atoms with Gasteiger partial charge in [-0.1, -0.05) is 0 Å². The zero-order valence-corrected chi connectivity index (χ0v) is 11.3. The summed E-state index contributed by atoms with van der Waals surface area (Å²) >= 11 is 0. The number of rotatable bonds is 4. The van der Waals surface area contributed by atoms with Crippen molar-refractivity contribution in [1.29, 1.82) is 0 Å². The molecule has 0 atom stereocenters. The number of hydrogen-bond acceptors (Lipinski definition) is 4. The molecule has 0 N–H and O–H groups in total. The average molecular weight is 256 g/mol. The number of benzene rings is 1. The molecule has 1 aromatic carbocycles. The summed E-state index contributed by atoms with van der Waals surface area (Å²) in [6.45, 7) is 3.87. The third-order valence-electron chi connectivity index (χ3n) is 2.96. The van der Waals surface area contributed by atoms with Gasteiger partial charge in [-0.05, 0) is 49.2 Å². The quantitative estimate of drug-likeness (QED) is 0.789. The monoisotopic (exact) mass is 256 g/mol. The van der Waals surface area contributed by atoms with E-state index in [9.17, 15) is 4.79 Å². The van der Waals surface area contributed by atoms with Gasteiger partial charge in [-0.15, -0.1) is 0 Å². The topological polar surface area (TPSA) is 52.1 Å². The lowest BCUT2D eigenvalue weighted by Gasteiger charge is -2.10. The maximum atomic E-state index is 12.2. The number of aryl methyl sites for hydroxylation is 2. The van der Waals surface area contributed by atoms with E-state index in [-0.39, 0.29) is 12.2 Å². The first kappa shape index (κ1) is 13.2. The molecule has 0 aliphatic rings. The molecule has 0 aliphatic heterocycles. The van der Waals surface area contributed by atoms with Crippen LogP contribution in [0, 0.1) is 13.8 Å². The van der Waals surface area contributed by atoms with E-state index in [0.717, 1.165) is 16.9 Å². The number of nitrogens with zero attached hydrogens (tertiary/aromatic N) is 2. The van der Waals surface area contributed by atoms with Gasteiger partial charge in [0.25, 0.3) is 0 Å². The minimum atomic E-state index is 0.0364. The lowest BCUT2D eigenvalue weighted by molar-refractivity contribution is 0.0991. The zero-order valence-electron chi connectivity index (χ0n) is 11.3. The fourth-order valence-corrected chi connectivity index (χ4v) is 2.13. The first-order chi connectivity index (χ1) is 9.11. The van der Waals surface area contributed by atoms with Crippen LogP contribution in [0.5, 0.6) is 5.75 Å². The minimum absolute atomic E-state index is 0.0364. The van der Waals surface area contributed by atoms with Crippen LogP contribution in [-0.4, -0.2) is 23.1 Å². The van der Waals surface area contributed by atoms with Crippen LogP contribution in [-0.2, 0) is 6.42 Å². The van der Waals surface area contributed by atoms with Crippen molar-refractivity contribution in [3.05, 3.63) is 52.8 Å². The van der Waals surface area contributed by atoms with Crippen LogP contribution in [0.3, 0.4) is 0 Å². The second-order valence-corrected chi connectivity index (χ2v) is 4.46. The molecule has 2 aromatic rings. The number of methoxy groups -OCH3 is 1. The van der Waals surface area contributed by atoms with Gasteiger partial charge in [0.05, 0.1) is 19.2 Å². The summed E-state index contributed by atoms with van der Waals surface area (Å²) in [4.78, 5) is 12.2. The molecule has 0 fully saturated rings. The molecule has 98 valence electrons. The summed E-state index contributed by atoms with van der Waals surface area (Å²) < 4.78 is 5.30. The van der Waals surface area contributed by atoms with Crippen molar-refractivity contribution in [3.63, 3.8) is 0 Å². The molecule has 0 bridgehead atoms. The van der Waals surface area contributed by atoms with Gasteiger partial charge in [0, 0.05) is 11.8 Å². The molecule has 1 heterocycles. The summed E-state index contributed by atoms with van der Waals surface area (Å²) in [5.41, 5.74) is 3.29. The fourth-order valence-electron chi connectivity index (χ4n) is 2.13. The van der Waals surface area contributed by atoms with Gasteiger partial charge in [0.2, 0.25) is 0 Å². The molecular formula is C15H16N2O2. The van der Waals surface area contributed by atoms with Gasteiger partial charge in [-0.3, -0.25) is 4.79 Å². The molecule has 1 aromatic heterocycles. The molecule has 0 saturated carbocycles. The highest BCUT2D eigenvalue weighted by atomic mass is 16.5. The molecule has 0 spiro atoms. The van der Waals surface area contributed by atoms with Crippen LogP contribution in [0.4, 0.5) is 0 Å². The Balaban J connectivity index is 2.25. The predicted molar refractivity (Wildman–Crippen MR) is 72.5 cm³/mol. The van der Waals surface area contributed by atoms with Crippen molar-refractivity contribution in [2.24, 2.45) is 0 Å². The van der Waals surface area contributed by atoms with Crippen LogP contribution in [0.15, 0.2) is 30.5 Å². The Hall–Kier alpha value is -2.23. The first-order valence-electron chi connectivity index (χ1n) is 6.07. The number of carbonyl (C=O) groups is 1. The number of hydrogen-bond donors (Lipinski definition) is 0. The summed E-state index contributed by atoms with van der Waals surface area (Å²) in [5.74, 6) is 0.866. The number of Topliss-reactive ketones (excluding diaryl/α,β-unsaturated/α-hetero) is 1. The van der Waals surface area contributed by atoms with Gasteiger partial charge in [0.1, 0.15) is 5.75 Å². The zero-order chi connectivity index (χ0) is 13.8. The van der Waals surface area contributed by atoms with Crippen LogP contribution in [0.25, 0.3) is 0 Å². The number of carbonyl (C=O) groups excluding carboxylic acids is 1. The maximum Gasteiger partial charge on any atom is 0.168 e. The van der Waals surface area contributed by atoms with Crippen molar-refractivity contribution in [2.45, 2.75) is 20.3 Å². The predicted octanol–water partition coefficient (Wildman–Crippen LogP) is 2.53. The van der Waals surface area contributed by atoms with E-state index < -0.39 is 0 Å². The summed E-state index contributed by atoms with van der Waals surface area (Å²) in [6, 6.07) is 7.28. The summed E-state index contributed by atoms with van der Waals surface area (Å²) in [6.07, 6.45) is 1.86. The van der Waals surface area contributed by atoms with Gasteiger partial charge < -0.3 is 4.74 Å². The molecule has 0 saturated heterocycles. The normalized spacial score (nSPS) is 10.3. The smallest absolute Gasteiger partial charge is 0.168 e. The Labute approximate surface area is 112 Å². The van der Waals surface area contributed by atoms with Crippen LogP contribution >= 0.6 is 0 Å². The van der Waals surface area contributed by atoms with E-state index in [1.807, 2.05) is 26.0 Å². The van der Waals surface area contributed by atoms with Crippen LogP contribution < -0.4 is 4.74 Å². The van der Waals surface area contributed by atoms with E-state index in [2.05, 4.69) is 10.2 Å². The minimum Gasteiger partial charge on any atom is -0.496 e. The third-order valence-corrected chi connectivity index (χ3v) is 2.96. The summed E-state index contributed by atoms with van der Waals surface area (Å²) in [5, 5.41) is 7.70. The lowest BCUT2D eigenvalue weighted by Crippen LogP contribution is -2.07. The number of ether oxygens (including phenoxy) is 1. The highest BCUT2D eigenvalue weighted by molar-refractivity contribution is 5.97. The largest absolute Gasteiger partial charge is 0.496 e. The standard InChI is InChI=1S/C15H16N2O2/c1-10-7-12(8-11(2)15(10)19-3)14(18)9-13-5-4-6-16-17-13/h4-8H,9H2,1-3H3. The Morgan fingerprint density at radius 1 is 1.26 bits per heavy atom. The first-order valence-corrected chi connectivity index (χ1v) is 6.07. The Morgan fingerprint density at radius 2 is 1.95 bits per heavy atom. The van der Waals surface area contributed by atoms with Crippen molar-refractivity contribution < 1.29 is 9.53 Å². The molecule has 4 heteroatoms. The van der Waals surface area contributed by atoms with E-state index in [0.29, 0.717) is 11.3 Å². The molecule has 4 nitrogen and oxygen atoms in total. The van der Waals surface area contributed by atoms with Gasteiger partial charge in [-0.25, -0.2) is 0 Å². The summed E-state index contributed by atoms with van der Waals surface area (Å²) in [7, 11) is 1.64. The van der Waals surface area contributed by atoms with Gasteiger partial charge >= 0.3 is 0 Å². The van der Waals surface area contributed by atoms with E-state index in [1.54, 1.807) is 25.4 Å². The molecule has 0 unspecified atom stereocenters. The third kappa shape index (κ3) is 2.96. The maximum absolute atomic E-state index is 12.2. The highest BCUT2D eigenvalue weighted by Gasteiger charge is 2.12. The highest BCUT2D eigenvalue weighted by Crippen LogP contribution is 2.24. The van der Waals surface area contributed by atoms with Crippen LogP contribution in [0.2, 0.25) is 0 Å². The van der Waals surface area contributed by atoms with Crippen molar-refractivity contribution >= 4 is 5.78 Å². The van der Waals surface area contributed by atoms with Crippen molar-refractivity contribution in [3.8, 4) is 5.75 Å². The molecule has 0 aliphatic carbocycles. The number of aromatic nitrogens is 2. The Kier molecular flexibility index (Phi) is 3.90. The van der Waals surface area contributed by atoms with E-state index in [1.165, 1.54) is 0 Å². The van der Waals surface area contributed by atoms with Crippen molar-refractivity contribution in [1.82, 2.24) is 10.2 Å². The second-order valence-electron chi connectivity index (χ2n) is 4.46. The molecule has 2 rings (SSSR count). The lowest BCUT2D eigenvalue weighted by atomic mass is 10.0. The Morgan fingerprint density at radius 3 is 2.47 bits per heavy atom. The second kappa shape index (κ2) is 5.61. The molecule has 0 radical (unpaired) electrons. The molecule has 0 amide bonds. The fraction of sp³-hybridized carbons (Fsp3) is 0.267. The van der Waals surface area contributed by atoms with E-state index >= 15 is 0 Å². The molecule has 19 heavy (non-hydrogen) atoms. The average Bonchev–Trinajstić information content (AvgIpc) is 2.39. The van der Waals surface area contributed by atoms with Crippen molar-refractivity contribution in [2.75, 3.05) is 7.11 Å². The van der Waals surface area contributed by atoms with Gasteiger partial charge in [0.15, 0.2) is 5.78 Å². The Bertz CT molecular complexity index is 571. The number of ketones is 1. The van der Waals surface area contributed by atoms with Gasteiger partial charge in [-0.2, -0.15) is 10.2 Å². The molecular weight excluding hydrogens is 240 g/mol.